The third kappa shape index (κ3) is 5.22. The highest BCUT2D eigenvalue weighted by molar-refractivity contribution is 5.97. The van der Waals surface area contributed by atoms with Crippen LogP contribution < -0.4 is 10.6 Å². The first-order valence-corrected chi connectivity index (χ1v) is 8.28. The van der Waals surface area contributed by atoms with Crippen molar-refractivity contribution in [1.82, 2.24) is 5.32 Å². The number of hydrogen-bond donors (Lipinski definition) is 2. The standard InChI is InChI=1S/C21H23N3O/c1-15-11-16(2)20(17(3)12-15)24-14-19(13-22)21(25)23-10-9-18-7-5-4-6-8-18/h4-8,11-12,14,24H,9-10H2,1-3H3,(H,23,25)/b19-14-. The van der Waals surface area contributed by atoms with Crippen LogP contribution in [-0.4, -0.2) is 12.5 Å². The monoisotopic (exact) mass is 333 g/mol. The van der Waals surface area contributed by atoms with Gasteiger partial charge in [-0.25, -0.2) is 0 Å². The Morgan fingerprint density at radius 2 is 1.76 bits per heavy atom. The molecule has 0 fully saturated rings. The van der Waals surface area contributed by atoms with Crippen LogP contribution in [0.4, 0.5) is 5.69 Å². The van der Waals surface area contributed by atoms with Crippen LogP contribution in [0.15, 0.2) is 54.2 Å². The van der Waals surface area contributed by atoms with E-state index < -0.39 is 0 Å². The zero-order chi connectivity index (χ0) is 18.2. The van der Waals surface area contributed by atoms with Crippen molar-refractivity contribution in [2.24, 2.45) is 0 Å². The van der Waals surface area contributed by atoms with Crippen molar-refractivity contribution in [1.29, 1.82) is 5.26 Å². The van der Waals surface area contributed by atoms with Crippen LogP contribution in [0, 0.1) is 32.1 Å². The number of hydrogen-bond acceptors (Lipinski definition) is 3. The molecule has 4 nitrogen and oxygen atoms in total. The van der Waals surface area contributed by atoms with Crippen LogP contribution in [-0.2, 0) is 11.2 Å². The number of nitrogens with one attached hydrogen (secondary N) is 2. The molecule has 2 N–H and O–H groups in total. The van der Waals surface area contributed by atoms with E-state index in [1.54, 1.807) is 0 Å². The van der Waals surface area contributed by atoms with E-state index in [4.69, 9.17) is 0 Å². The summed E-state index contributed by atoms with van der Waals surface area (Å²) >= 11 is 0. The molecule has 2 aromatic rings. The summed E-state index contributed by atoms with van der Waals surface area (Å²) in [6.45, 7) is 6.54. The van der Waals surface area contributed by atoms with Crippen molar-refractivity contribution < 1.29 is 4.79 Å². The van der Waals surface area contributed by atoms with Crippen LogP contribution in [0.3, 0.4) is 0 Å². The van der Waals surface area contributed by atoms with Gasteiger partial charge in [-0.2, -0.15) is 5.26 Å². The van der Waals surface area contributed by atoms with Gasteiger partial charge in [-0.05, 0) is 43.9 Å². The van der Waals surface area contributed by atoms with Gasteiger partial charge in [0.2, 0.25) is 0 Å². The van der Waals surface area contributed by atoms with E-state index in [9.17, 15) is 10.1 Å². The van der Waals surface area contributed by atoms with E-state index in [1.165, 1.54) is 11.8 Å². The van der Waals surface area contributed by atoms with Gasteiger partial charge in [-0.15, -0.1) is 0 Å². The average molecular weight is 333 g/mol. The minimum absolute atomic E-state index is 0.0624. The predicted molar refractivity (Wildman–Crippen MR) is 101 cm³/mol. The molecule has 1 amide bonds. The van der Waals surface area contributed by atoms with Gasteiger partial charge < -0.3 is 10.6 Å². The molecule has 0 heterocycles. The molecule has 0 aromatic heterocycles. The number of rotatable bonds is 6. The van der Waals surface area contributed by atoms with Crippen molar-refractivity contribution >= 4 is 11.6 Å². The zero-order valence-corrected chi connectivity index (χ0v) is 14.9. The third-order valence-electron chi connectivity index (χ3n) is 3.95. The fraction of sp³-hybridized carbons (Fsp3) is 0.238. The Hall–Kier alpha value is -3.06. The van der Waals surface area contributed by atoms with Crippen LogP contribution in [0.25, 0.3) is 0 Å². The summed E-state index contributed by atoms with van der Waals surface area (Å²) in [4.78, 5) is 12.2. The van der Waals surface area contributed by atoms with Crippen molar-refractivity contribution in [2.75, 3.05) is 11.9 Å². The molecule has 2 aromatic carbocycles. The topological polar surface area (TPSA) is 64.9 Å². The molecule has 0 saturated carbocycles. The highest BCUT2D eigenvalue weighted by Crippen LogP contribution is 2.22. The second-order valence-corrected chi connectivity index (χ2v) is 6.08. The molecule has 128 valence electrons. The highest BCUT2D eigenvalue weighted by Gasteiger charge is 2.09. The van der Waals surface area contributed by atoms with Gasteiger partial charge in [0, 0.05) is 18.4 Å². The first-order valence-electron chi connectivity index (χ1n) is 8.28. The van der Waals surface area contributed by atoms with Gasteiger partial charge in [0.1, 0.15) is 11.6 Å². The van der Waals surface area contributed by atoms with Crippen LogP contribution in [0.5, 0.6) is 0 Å². The number of nitriles is 1. The largest absolute Gasteiger partial charge is 0.360 e. The molecule has 0 bridgehead atoms. The lowest BCUT2D eigenvalue weighted by Gasteiger charge is -2.11. The Balaban J connectivity index is 1.98. The summed E-state index contributed by atoms with van der Waals surface area (Å²) in [5.41, 5.74) is 5.48. The first-order chi connectivity index (χ1) is 12.0. The molecular weight excluding hydrogens is 310 g/mol. The molecule has 0 radical (unpaired) electrons. The van der Waals surface area contributed by atoms with Crippen molar-refractivity contribution in [3.8, 4) is 6.07 Å². The molecule has 0 aliphatic heterocycles. The Labute approximate surface area is 149 Å². The van der Waals surface area contributed by atoms with Gasteiger partial charge >= 0.3 is 0 Å². The van der Waals surface area contributed by atoms with Crippen LogP contribution >= 0.6 is 0 Å². The van der Waals surface area contributed by atoms with Gasteiger partial charge in [-0.3, -0.25) is 4.79 Å². The average Bonchev–Trinajstić information content (AvgIpc) is 2.58. The molecule has 0 atom stereocenters. The number of carbonyl (C=O) groups excluding carboxylic acids is 1. The maximum atomic E-state index is 12.2. The number of nitrogens with zero attached hydrogens (tertiary/aromatic N) is 1. The van der Waals surface area contributed by atoms with Crippen LogP contribution in [0.1, 0.15) is 22.3 Å². The summed E-state index contributed by atoms with van der Waals surface area (Å²) in [5, 5.41) is 15.1. The maximum Gasteiger partial charge on any atom is 0.263 e. The Bertz CT molecular complexity index is 794. The van der Waals surface area contributed by atoms with Crippen LogP contribution in [0.2, 0.25) is 0 Å². The van der Waals surface area contributed by atoms with E-state index in [2.05, 4.69) is 22.8 Å². The normalized spacial score (nSPS) is 10.9. The lowest BCUT2D eigenvalue weighted by Crippen LogP contribution is -2.27. The van der Waals surface area contributed by atoms with E-state index in [1.807, 2.05) is 57.2 Å². The van der Waals surface area contributed by atoms with Gasteiger partial charge in [0.05, 0.1) is 0 Å². The minimum Gasteiger partial charge on any atom is -0.360 e. The summed E-state index contributed by atoms with van der Waals surface area (Å²) in [7, 11) is 0. The summed E-state index contributed by atoms with van der Waals surface area (Å²) in [6.07, 6.45) is 2.21. The van der Waals surface area contributed by atoms with Crippen molar-refractivity contribution in [2.45, 2.75) is 27.2 Å². The SMILES string of the molecule is Cc1cc(C)c(N/C=C(/C#N)C(=O)NCCc2ccccc2)c(C)c1. The van der Waals surface area contributed by atoms with E-state index in [0.29, 0.717) is 6.54 Å². The zero-order valence-electron chi connectivity index (χ0n) is 14.9. The number of amides is 1. The summed E-state index contributed by atoms with van der Waals surface area (Å²) in [5.74, 6) is -0.367. The summed E-state index contributed by atoms with van der Waals surface area (Å²) in [6, 6.07) is 16.0. The van der Waals surface area contributed by atoms with Crippen molar-refractivity contribution in [3.05, 3.63) is 76.5 Å². The first kappa shape index (κ1) is 18.3. The molecule has 0 aliphatic carbocycles. The Morgan fingerprint density at radius 1 is 1.12 bits per heavy atom. The highest BCUT2D eigenvalue weighted by atomic mass is 16.1. The Morgan fingerprint density at radius 3 is 2.36 bits per heavy atom. The second kappa shape index (κ2) is 8.70. The summed E-state index contributed by atoms with van der Waals surface area (Å²) < 4.78 is 0. The molecule has 25 heavy (non-hydrogen) atoms. The molecule has 4 heteroatoms. The quantitative estimate of drug-likeness (QED) is 0.624. The van der Waals surface area contributed by atoms with Gasteiger partial charge in [0.15, 0.2) is 0 Å². The fourth-order valence-electron chi connectivity index (χ4n) is 2.76. The maximum absolute atomic E-state index is 12.2. The smallest absolute Gasteiger partial charge is 0.263 e. The molecule has 0 saturated heterocycles. The third-order valence-corrected chi connectivity index (χ3v) is 3.95. The molecule has 0 spiro atoms. The number of aryl methyl sites for hydroxylation is 3. The fourth-order valence-corrected chi connectivity index (χ4v) is 2.76. The number of benzene rings is 2. The molecule has 0 aliphatic rings. The minimum atomic E-state index is -0.367. The molecule has 2 rings (SSSR count). The van der Waals surface area contributed by atoms with Gasteiger partial charge in [0.25, 0.3) is 5.91 Å². The number of anilines is 1. The van der Waals surface area contributed by atoms with Gasteiger partial charge in [-0.1, -0.05) is 48.0 Å². The molecule has 0 unspecified atom stereocenters. The van der Waals surface area contributed by atoms with E-state index in [0.717, 1.165) is 28.8 Å². The van der Waals surface area contributed by atoms with E-state index in [-0.39, 0.29) is 11.5 Å². The van der Waals surface area contributed by atoms with Crippen molar-refractivity contribution in [3.63, 3.8) is 0 Å². The lowest BCUT2D eigenvalue weighted by atomic mass is 10.1. The number of carbonyl (C=O) groups is 1. The Kier molecular flexibility index (Phi) is 6.36. The molecular formula is C21H23N3O. The second-order valence-electron chi connectivity index (χ2n) is 6.08. The lowest BCUT2D eigenvalue weighted by molar-refractivity contribution is -0.117. The predicted octanol–water partition coefficient (Wildman–Crippen LogP) is 3.79. The van der Waals surface area contributed by atoms with E-state index >= 15 is 0 Å².